The van der Waals surface area contributed by atoms with Gasteiger partial charge in [-0.05, 0) is 25.2 Å². The summed E-state index contributed by atoms with van der Waals surface area (Å²) < 4.78 is 0. The van der Waals surface area contributed by atoms with E-state index in [0.29, 0.717) is 0 Å². The van der Waals surface area contributed by atoms with E-state index in [0.717, 1.165) is 18.0 Å². The Labute approximate surface area is 76.4 Å². The molecule has 1 saturated carbocycles. The fourth-order valence-electron chi connectivity index (χ4n) is 1.33. The van der Waals surface area contributed by atoms with Gasteiger partial charge in [0.15, 0.2) is 0 Å². The van der Waals surface area contributed by atoms with Crippen LogP contribution in [0.4, 0.5) is 0 Å². The highest BCUT2D eigenvalue weighted by Crippen LogP contribution is 2.21. The molecular weight excluding hydrogens is 158 g/mol. The molecule has 1 atom stereocenters. The number of nitrogens with one attached hydrogen (secondary N) is 1. The predicted octanol–water partition coefficient (Wildman–Crippen LogP) is 2.59. The Morgan fingerprint density at radius 1 is 1.36 bits per heavy atom. The molecule has 0 aliphatic heterocycles. The second kappa shape index (κ2) is 5.00. The number of hydrogen-bond acceptors (Lipinski definition) is 1. The van der Waals surface area contributed by atoms with Crippen molar-refractivity contribution in [1.82, 2.24) is 5.32 Å². The summed E-state index contributed by atoms with van der Waals surface area (Å²) in [5.74, 6) is 0.797. The first-order valence-electron chi connectivity index (χ1n) is 4.50. The van der Waals surface area contributed by atoms with E-state index in [9.17, 15) is 0 Å². The molecule has 11 heavy (non-hydrogen) atoms. The van der Waals surface area contributed by atoms with Crippen molar-refractivity contribution in [3.8, 4) is 0 Å². The zero-order valence-corrected chi connectivity index (χ0v) is 8.58. The smallest absolute Gasteiger partial charge is 0.00900 e. The lowest BCUT2D eigenvalue weighted by molar-refractivity contribution is 0.386. The first-order valence-corrected chi connectivity index (χ1v) is 4.50. The molecule has 0 aromatic heterocycles. The van der Waals surface area contributed by atoms with Crippen LogP contribution in [0.25, 0.3) is 0 Å². The highest BCUT2D eigenvalue weighted by Gasteiger charge is 2.24. The van der Waals surface area contributed by atoms with E-state index in [2.05, 4.69) is 26.1 Å². The van der Waals surface area contributed by atoms with Gasteiger partial charge in [-0.1, -0.05) is 20.8 Å². The first-order chi connectivity index (χ1) is 4.74. The number of rotatable bonds is 4. The number of halogens is 1. The van der Waals surface area contributed by atoms with Gasteiger partial charge in [-0.15, -0.1) is 12.4 Å². The van der Waals surface area contributed by atoms with E-state index in [-0.39, 0.29) is 12.4 Å². The molecule has 0 aromatic carbocycles. The average Bonchev–Trinajstić information content (AvgIpc) is 2.64. The van der Waals surface area contributed by atoms with Gasteiger partial charge in [0, 0.05) is 12.1 Å². The summed E-state index contributed by atoms with van der Waals surface area (Å²) in [5.41, 5.74) is 0. The molecule has 0 saturated heterocycles. The van der Waals surface area contributed by atoms with E-state index < -0.39 is 0 Å². The minimum Gasteiger partial charge on any atom is -0.311 e. The molecule has 0 amide bonds. The van der Waals surface area contributed by atoms with Gasteiger partial charge < -0.3 is 5.32 Å². The summed E-state index contributed by atoms with van der Waals surface area (Å²) in [5, 5.41) is 3.64. The van der Waals surface area contributed by atoms with E-state index in [1.54, 1.807) is 0 Å². The topological polar surface area (TPSA) is 12.0 Å². The van der Waals surface area contributed by atoms with Crippen LogP contribution in [0.1, 0.15) is 40.0 Å². The van der Waals surface area contributed by atoms with Crippen LogP contribution in [0.15, 0.2) is 0 Å². The van der Waals surface area contributed by atoms with Crippen LogP contribution in [0.3, 0.4) is 0 Å². The van der Waals surface area contributed by atoms with Crippen molar-refractivity contribution < 1.29 is 0 Å². The minimum absolute atomic E-state index is 0. The summed E-state index contributed by atoms with van der Waals surface area (Å²) >= 11 is 0. The standard InChI is InChI=1S/C9H19N.ClH/c1-4-9(7(2)3)10-8-5-6-8;/h7-10H,4-6H2,1-3H3;1H. The van der Waals surface area contributed by atoms with Gasteiger partial charge in [0.1, 0.15) is 0 Å². The molecule has 1 rings (SSSR count). The maximum Gasteiger partial charge on any atom is 0.00900 e. The third-order valence-corrected chi connectivity index (χ3v) is 2.27. The summed E-state index contributed by atoms with van der Waals surface area (Å²) in [4.78, 5) is 0. The zero-order valence-electron chi connectivity index (χ0n) is 7.76. The third-order valence-electron chi connectivity index (χ3n) is 2.27. The van der Waals surface area contributed by atoms with Crippen molar-refractivity contribution in [1.29, 1.82) is 0 Å². The van der Waals surface area contributed by atoms with Crippen LogP contribution in [0.5, 0.6) is 0 Å². The van der Waals surface area contributed by atoms with Crippen LogP contribution in [0, 0.1) is 5.92 Å². The van der Waals surface area contributed by atoms with Gasteiger partial charge in [0.05, 0.1) is 0 Å². The molecule has 68 valence electrons. The van der Waals surface area contributed by atoms with Crippen LogP contribution in [-0.2, 0) is 0 Å². The maximum atomic E-state index is 3.64. The predicted molar refractivity (Wildman–Crippen MR) is 52.3 cm³/mol. The van der Waals surface area contributed by atoms with Crippen molar-refractivity contribution in [2.75, 3.05) is 0 Å². The molecular formula is C9H20ClN. The zero-order chi connectivity index (χ0) is 7.56. The second-order valence-corrected chi connectivity index (χ2v) is 3.70. The minimum atomic E-state index is 0. The van der Waals surface area contributed by atoms with Crippen molar-refractivity contribution in [2.24, 2.45) is 5.92 Å². The summed E-state index contributed by atoms with van der Waals surface area (Å²) in [6.45, 7) is 6.85. The van der Waals surface area contributed by atoms with Crippen molar-refractivity contribution in [3.05, 3.63) is 0 Å². The SMILES string of the molecule is CCC(NC1CC1)C(C)C.Cl. The van der Waals surface area contributed by atoms with Gasteiger partial charge in [-0.2, -0.15) is 0 Å². The molecule has 1 nitrogen and oxygen atoms in total. The lowest BCUT2D eigenvalue weighted by Crippen LogP contribution is -2.34. The summed E-state index contributed by atoms with van der Waals surface area (Å²) in [7, 11) is 0. The van der Waals surface area contributed by atoms with Crippen molar-refractivity contribution >= 4 is 12.4 Å². The highest BCUT2D eigenvalue weighted by atomic mass is 35.5. The molecule has 1 aliphatic rings. The van der Waals surface area contributed by atoms with Crippen LogP contribution in [0.2, 0.25) is 0 Å². The Balaban J connectivity index is 0.000001000. The van der Waals surface area contributed by atoms with Crippen molar-refractivity contribution in [2.45, 2.75) is 52.1 Å². The second-order valence-electron chi connectivity index (χ2n) is 3.70. The Hall–Kier alpha value is 0.250. The Morgan fingerprint density at radius 2 is 1.91 bits per heavy atom. The van der Waals surface area contributed by atoms with E-state index in [4.69, 9.17) is 0 Å². The van der Waals surface area contributed by atoms with Crippen LogP contribution < -0.4 is 5.32 Å². The van der Waals surface area contributed by atoms with E-state index in [1.807, 2.05) is 0 Å². The third kappa shape index (κ3) is 3.97. The van der Waals surface area contributed by atoms with Gasteiger partial charge in [0.25, 0.3) is 0 Å². The maximum absolute atomic E-state index is 3.64. The molecule has 1 aliphatic carbocycles. The van der Waals surface area contributed by atoms with E-state index in [1.165, 1.54) is 19.3 Å². The monoisotopic (exact) mass is 177 g/mol. The first kappa shape index (κ1) is 11.2. The largest absolute Gasteiger partial charge is 0.311 e. The Kier molecular flexibility index (Phi) is 5.11. The molecule has 1 fully saturated rings. The molecule has 2 heteroatoms. The fourth-order valence-corrected chi connectivity index (χ4v) is 1.33. The van der Waals surface area contributed by atoms with Crippen molar-refractivity contribution in [3.63, 3.8) is 0 Å². The van der Waals surface area contributed by atoms with E-state index >= 15 is 0 Å². The Morgan fingerprint density at radius 3 is 2.18 bits per heavy atom. The lowest BCUT2D eigenvalue weighted by Gasteiger charge is -2.20. The molecule has 0 bridgehead atoms. The van der Waals surface area contributed by atoms with Crippen LogP contribution in [-0.4, -0.2) is 12.1 Å². The Bertz CT molecular complexity index is 99.7. The average molecular weight is 178 g/mol. The van der Waals surface area contributed by atoms with Gasteiger partial charge >= 0.3 is 0 Å². The quantitative estimate of drug-likeness (QED) is 0.696. The van der Waals surface area contributed by atoms with Crippen LogP contribution >= 0.6 is 12.4 Å². The van der Waals surface area contributed by atoms with Gasteiger partial charge in [0.2, 0.25) is 0 Å². The van der Waals surface area contributed by atoms with Gasteiger partial charge in [-0.25, -0.2) is 0 Å². The fraction of sp³-hybridized carbons (Fsp3) is 1.00. The molecule has 0 aromatic rings. The highest BCUT2D eigenvalue weighted by molar-refractivity contribution is 5.85. The summed E-state index contributed by atoms with van der Waals surface area (Å²) in [6.07, 6.45) is 4.08. The van der Waals surface area contributed by atoms with Gasteiger partial charge in [-0.3, -0.25) is 0 Å². The molecule has 1 N–H and O–H groups in total. The molecule has 1 unspecified atom stereocenters. The summed E-state index contributed by atoms with van der Waals surface area (Å²) in [6, 6.07) is 1.62. The number of hydrogen-bond donors (Lipinski definition) is 1. The molecule has 0 heterocycles. The normalized spacial score (nSPS) is 19.6. The molecule has 0 spiro atoms. The molecule has 0 radical (unpaired) electrons. The lowest BCUT2D eigenvalue weighted by atomic mass is 10.0.